The van der Waals surface area contributed by atoms with E-state index in [4.69, 9.17) is 14.2 Å². The third-order valence-electron chi connectivity index (χ3n) is 13.5. The SMILES string of the molecule is CCCCC/C=C\C/C=C\CCCCCCCC(=O)OC(COC(=O)CCCCCCCCCCC)COC(=O)CCCCCCCCCCCCCCCC/C=C\C/C=C\C/C=C\CCCCCCC. The number of carbonyl (C=O) groups excluding carboxylic acids is 3. The van der Waals surface area contributed by atoms with Crippen molar-refractivity contribution in [2.24, 2.45) is 0 Å². The Labute approximate surface area is 440 Å². The number of allylic oxidation sites excluding steroid dienone is 10. The molecule has 0 aliphatic heterocycles. The van der Waals surface area contributed by atoms with E-state index in [0.29, 0.717) is 19.3 Å². The highest BCUT2D eigenvalue weighted by Crippen LogP contribution is 2.16. The molecule has 0 heterocycles. The maximum Gasteiger partial charge on any atom is 0.306 e. The molecule has 0 aromatic rings. The second-order valence-electron chi connectivity index (χ2n) is 20.6. The van der Waals surface area contributed by atoms with Gasteiger partial charge in [-0.25, -0.2) is 0 Å². The summed E-state index contributed by atoms with van der Waals surface area (Å²) in [7, 11) is 0. The van der Waals surface area contributed by atoms with Gasteiger partial charge in [-0.05, 0) is 89.9 Å². The summed E-state index contributed by atoms with van der Waals surface area (Å²) in [5.41, 5.74) is 0. The van der Waals surface area contributed by atoms with Crippen LogP contribution in [0.2, 0.25) is 0 Å². The van der Waals surface area contributed by atoms with Crippen molar-refractivity contribution < 1.29 is 28.6 Å². The smallest absolute Gasteiger partial charge is 0.306 e. The predicted molar refractivity (Wildman–Crippen MR) is 307 cm³/mol. The first-order valence-corrected chi connectivity index (χ1v) is 30.8. The molecule has 0 aromatic heterocycles. The minimum Gasteiger partial charge on any atom is -0.462 e. The number of carbonyl (C=O) groups is 3. The van der Waals surface area contributed by atoms with Gasteiger partial charge in [0.05, 0.1) is 0 Å². The van der Waals surface area contributed by atoms with Gasteiger partial charge in [0.25, 0.3) is 0 Å². The van der Waals surface area contributed by atoms with Crippen LogP contribution in [0, 0.1) is 0 Å². The van der Waals surface area contributed by atoms with Crippen LogP contribution in [-0.2, 0) is 28.6 Å². The van der Waals surface area contributed by atoms with Crippen molar-refractivity contribution in [2.75, 3.05) is 13.2 Å². The van der Waals surface area contributed by atoms with E-state index in [-0.39, 0.29) is 31.1 Å². The molecule has 412 valence electrons. The van der Waals surface area contributed by atoms with Crippen molar-refractivity contribution in [3.8, 4) is 0 Å². The van der Waals surface area contributed by atoms with Crippen molar-refractivity contribution in [3.63, 3.8) is 0 Å². The summed E-state index contributed by atoms with van der Waals surface area (Å²) >= 11 is 0. The Bertz CT molecular complexity index is 1280. The third-order valence-corrected chi connectivity index (χ3v) is 13.5. The average molecular weight is 994 g/mol. The molecule has 0 bridgehead atoms. The molecule has 6 nitrogen and oxygen atoms in total. The fourth-order valence-corrected chi connectivity index (χ4v) is 8.83. The van der Waals surface area contributed by atoms with E-state index in [2.05, 4.69) is 81.5 Å². The third kappa shape index (κ3) is 57.9. The molecular formula is C65H116O6. The Morgan fingerprint density at radius 3 is 0.817 bits per heavy atom. The molecule has 0 amide bonds. The molecule has 0 saturated heterocycles. The Morgan fingerprint density at radius 1 is 0.282 bits per heavy atom. The molecule has 0 N–H and O–H groups in total. The van der Waals surface area contributed by atoms with Gasteiger partial charge in [-0.1, -0.05) is 268 Å². The molecule has 1 unspecified atom stereocenters. The summed E-state index contributed by atoms with van der Waals surface area (Å²) in [4.78, 5) is 38.1. The Balaban J connectivity index is 4.14. The van der Waals surface area contributed by atoms with Gasteiger partial charge in [0.15, 0.2) is 6.10 Å². The fourth-order valence-electron chi connectivity index (χ4n) is 8.83. The van der Waals surface area contributed by atoms with Gasteiger partial charge in [0.2, 0.25) is 0 Å². The molecule has 0 aromatic carbocycles. The number of unbranched alkanes of at least 4 members (excludes halogenated alkanes) is 35. The average Bonchev–Trinajstić information content (AvgIpc) is 3.37. The quantitative estimate of drug-likeness (QED) is 0.0261. The number of hydrogen-bond acceptors (Lipinski definition) is 6. The van der Waals surface area contributed by atoms with E-state index >= 15 is 0 Å². The van der Waals surface area contributed by atoms with Gasteiger partial charge in [0.1, 0.15) is 13.2 Å². The van der Waals surface area contributed by atoms with Gasteiger partial charge < -0.3 is 14.2 Å². The molecule has 0 saturated carbocycles. The molecule has 0 spiro atoms. The van der Waals surface area contributed by atoms with Crippen molar-refractivity contribution >= 4 is 17.9 Å². The minimum atomic E-state index is -0.778. The highest BCUT2D eigenvalue weighted by molar-refractivity contribution is 5.71. The summed E-state index contributed by atoms with van der Waals surface area (Å²) in [6.45, 7) is 6.60. The zero-order valence-corrected chi connectivity index (χ0v) is 47.2. The van der Waals surface area contributed by atoms with E-state index in [1.807, 2.05) is 0 Å². The van der Waals surface area contributed by atoms with Gasteiger partial charge in [-0.3, -0.25) is 14.4 Å². The fraction of sp³-hybridized carbons (Fsp3) is 0.800. The normalized spacial score (nSPS) is 12.4. The first-order valence-electron chi connectivity index (χ1n) is 30.8. The van der Waals surface area contributed by atoms with Crippen LogP contribution in [0.1, 0.15) is 316 Å². The molecule has 0 aliphatic carbocycles. The minimum absolute atomic E-state index is 0.0771. The maximum atomic E-state index is 12.8. The molecule has 1 atom stereocenters. The summed E-state index contributed by atoms with van der Waals surface area (Å²) < 4.78 is 16.8. The number of rotatable bonds is 56. The van der Waals surface area contributed by atoms with Crippen LogP contribution in [0.4, 0.5) is 0 Å². The standard InChI is InChI=1S/C65H116O6/c1-4-7-10-13-16-19-21-23-25-26-27-28-29-30-31-32-33-34-35-36-37-38-40-41-43-46-49-52-55-58-64(67)70-61-62(60-69-63(66)57-54-51-48-45-18-15-12-9-6-3)71-65(68)59-56-53-50-47-44-42-39-24-22-20-17-14-11-8-5-2/h17,20-21,23-24,26-27,29-30,39,62H,4-16,18-19,22,25,28,31-38,40-61H2,1-3H3/b20-17-,23-21-,27-26-,30-29-,39-24-. The van der Waals surface area contributed by atoms with Crippen molar-refractivity contribution in [3.05, 3.63) is 60.8 Å². The van der Waals surface area contributed by atoms with E-state index in [1.165, 1.54) is 180 Å². The van der Waals surface area contributed by atoms with E-state index in [9.17, 15) is 14.4 Å². The van der Waals surface area contributed by atoms with Crippen molar-refractivity contribution in [1.29, 1.82) is 0 Å². The van der Waals surface area contributed by atoms with Crippen molar-refractivity contribution in [2.45, 2.75) is 322 Å². The van der Waals surface area contributed by atoms with Crippen LogP contribution in [0.3, 0.4) is 0 Å². The molecule has 0 radical (unpaired) electrons. The maximum absolute atomic E-state index is 12.8. The van der Waals surface area contributed by atoms with Crippen LogP contribution >= 0.6 is 0 Å². The number of ether oxygens (including phenoxy) is 3. The van der Waals surface area contributed by atoms with Gasteiger partial charge in [-0.2, -0.15) is 0 Å². The highest BCUT2D eigenvalue weighted by atomic mass is 16.6. The molecule has 0 fully saturated rings. The highest BCUT2D eigenvalue weighted by Gasteiger charge is 2.19. The Hall–Kier alpha value is -2.89. The number of esters is 3. The summed E-state index contributed by atoms with van der Waals surface area (Å²) in [6.07, 6.45) is 75.2. The largest absolute Gasteiger partial charge is 0.462 e. The topological polar surface area (TPSA) is 78.9 Å². The zero-order chi connectivity index (χ0) is 51.4. The monoisotopic (exact) mass is 993 g/mol. The molecular weight excluding hydrogens is 877 g/mol. The van der Waals surface area contributed by atoms with Crippen LogP contribution in [0.5, 0.6) is 0 Å². The van der Waals surface area contributed by atoms with Gasteiger partial charge in [-0.15, -0.1) is 0 Å². The molecule has 71 heavy (non-hydrogen) atoms. The lowest BCUT2D eigenvalue weighted by Crippen LogP contribution is -2.30. The predicted octanol–water partition coefficient (Wildman–Crippen LogP) is 20.8. The lowest BCUT2D eigenvalue weighted by Gasteiger charge is -2.18. The van der Waals surface area contributed by atoms with Crippen LogP contribution in [-0.4, -0.2) is 37.2 Å². The van der Waals surface area contributed by atoms with Gasteiger partial charge >= 0.3 is 17.9 Å². The van der Waals surface area contributed by atoms with Crippen LogP contribution < -0.4 is 0 Å². The molecule has 0 aliphatic rings. The van der Waals surface area contributed by atoms with Crippen LogP contribution in [0.15, 0.2) is 60.8 Å². The van der Waals surface area contributed by atoms with Crippen LogP contribution in [0.25, 0.3) is 0 Å². The first-order chi connectivity index (χ1) is 35.0. The molecule has 6 heteroatoms. The summed E-state index contributed by atoms with van der Waals surface area (Å²) in [5.74, 6) is -0.882. The molecule has 0 rings (SSSR count). The Morgan fingerprint density at radius 2 is 0.507 bits per heavy atom. The van der Waals surface area contributed by atoms with E-state index < -0.39 is 6.10 Å². The number of hydrogen-bond donors (Lipinski definition) is 0. The Kier molecular flexibility index (Phi) is 57.2. The summed E-state index contributed by atoms with van der Waals surface area (Å²) in [5, 5.41) is 0. The van der Waals surface area contributed by atoms with Crippen molar-refractivity contribution in [1.82, 2.24) is 0 Å². The van der Waals surface area contributed by atoms with Gasteiger partial charge in [0, 0.05) is 19.3 Å². The lowest BCUT2D eigenvalue weighted by molar-refractivity contribution is -0.167. The second kappa shape index (κ2) is 59.7. The zero-order valence-electron chi connectivity index (χ0n) is 47.2. The first kappa shape index (κ1) is 68.1. The second-order valence-corrected chi connectivity index (χ2v) is 20.6. The van der Waals surface area contributed by atoms with E-state index in [0.717, 1.165) is 96.3 Å². The lowest BCUT2D eigenvalue weighted by atomic mass is 10.0. The van der Waals surface area contributed by atoms with E-state index in [1.54, 1.807) is 0 Å². The summed E-state index contributed by atoms with van der Waals surface area (Å²) in [6, 6.07) is 0.